The number of H-pyrrole nitrogens is 1. The zero-order valence-corrected chi connectivity index (χ0v) is 14.1. The van der Waals surface area contributed by atoms with Crippen molar-refractivity contribution in [3.63, 3.8) is 0 Å². The van der Waals surface area contributed by atoms with Crippen molar-refractivity contribution in [2.45, 2.75) is 38.8 Å². The van der Waals surface area contributed by atoms with E-state index in [9.17, 15) is 9.59 Å². The van der Waals surface area contributed by atoms with Crippen LogP contribution in [-0.4, -0.2) is 44.2 Å². The van der Waals surface area contributed by atoms with Crippen LogP contribution in [-0.2, 0) is 4.74 Å². The van der Waals surface area contributed by atoms with Crippen molar-refractivity contribution in [1.82, 2.24) is 19.4 Å². The lowest BCUT2D eigenvalue weighted by atomic mass is 10.2. The number of ether oxygens (including phenoxy) is 1. The SMILES string of the molecule is CC(C)(C)OC(=O)N1CC[C@@H](n2c(=O)[nH]c3cc(Cl)cnc32)C1. The molecule has 1 amide bonds. The predicted octanol–water partition coefficient (Wildman–Crippen LogP) is 2.56. The molecule has 0 aromatic carbocycles. The Hall–Kier alpha value is -2.02. The van der Waals surface area contributed by atoms with Crippen molar-refractivity contribution >= 4 is 28.9 Å². The molecule has 2 aromatic heterocycles. The van der Waals surface area contributed by atoms with Crippen molar-refractivity contribution < 1.29 is 9.53 Å². The van der Waals surface area contributed by atoms with Gasteiger partial charge in [-0.15, -0.1) is 0 Å². The minimum atomic E-state index is -0.537. The highest BCUT2D eigenvalue weighted by Gasteiger charge is 2.32. The lowest BCUT2D eigenvalue weighted by molar-refractivity contribution is 0.0289. The normalized spacial score (nSPS) is 18.6. The molecule has 1 atom stereocenters. The molecule has 23 heavy (non-hydrogen) atoms. The van der Waals surface area contributed by atoms with Gasteiger partial charge in [0.2, 0.25) is 0 Å². The Morgan fingerprint density at radius 1 is 1.48 bits per heavy atom. The van der Waals surface area contributed by atoms with Crippen LogP contribution in [0.2, 0.25) is 5.02 Å². The highest BCUT2D eigenvalue weighted by Crippen LogP contribution is 2.25. The van der Waals surface area contributed by atoms with Crippen molar-refractivity contribution in [2.24, 2.45) is 0 Å². The first kappa shape index (κ1) is 15.9. The van der Waals surface area contributed by atoms with E-state index in [-0.39, 0.29) is 17.8 Å². The van der Waals surface area contributed by atoms with Crippen LogP contribution in [0.1, 0.15) is 33.2 Å². The number of carbonyl (C=O) groups excluding carboxylic acids is 1. The molecular formula is C15H19ClN4O3. The quantitative estimate of drug-likeness (QED) is 0.866. The summed E-state index contributed by atoms with van der Waals surface area (Å²) in [6.45, 7) is 6.46. The van der Waals surface area contributed by atoms with Crippen LogP contribution in [0.25, 0.3) is 11.2 Å². The molecule has 0 bridgehead atoms. The maximum Gasteiger partial charge on any atom is 0.410 e. The standard InChI is InChI=1S/C15H19ClN4O3/c1-15(2,3)23-14(22)19-5-4-10(8-19)20-12-11(18-13(20)21)6-9(16)7-17-12/h6-7,10H,4-5,8H2,1-3H3,(H,18,21)/t10-/m1/s1. The lowest BCUT2D eigenvalue weighted by Gasteiger charge is -2.24. The summed E-state index contributed by atoms with van der Waals surface area (Å²) in [5, 5.41) is 0.465. The van der Waals surface area contributed by atoms with Crippen LogP contribution in [0.15, 0.2) is 17.1 Å². The number of fused-ring (bicyclic) bond motifs is 1. The van der Waals surface area contributed by atoms with Crippen molar-refractivity contribution in [3.8, 4) is 0 Å². The van der Waals surface area contributed by atoms with Crippen LogP contribution in [0.5, 0.6) is 0 Å². The van der Waals surface area contributed by atoms with E-state index >= 15 is 0 Å². The fourth-order valence-electron chi connectivity index (χ4n) is 2.77. The molecule has 1 fully saturated rings. The molecule has 1 aliphatic heterocycles. The number of nitrogens with zero attached hydrogens (tertiary/aromatic N) is 3. The first-order valence-corrected chi connectivity index (χ1v) is 7.86. The van der Waals surface area contributed by atoms with E-state index in [2.05, 4.69) is 9.97 Å². The Labute approximate surface area is 138 Å². The summed E-state index contributed by atoms with van der Waals surface area (Å²) in [6, 6.07) is 1.54. The Morgan fingerprint density at radius 3 is 2.91 bits per heavy atom. The van der Waals surface area contributed by atoms with Gasteiger partial charge in [0.15, 0.2) is 5.65 Å². The molecule has 1 N–H and O–H groups in total. The number of likely N-dealkylation sites (tertiary alicyclic amines) is 1. The number of aromatic amines is 1. The van der Waals surface area contributed by atoms with Gasteiger partial charge in [0, 0.05) is 19.3 Å². The van der Waals surface area contributed by atoms with E-state index < -0.39 is 5.60 Å². The van der Waals surface area contributed by atoms with Gasteiger partial charge >= 0.3 is 11.8 Å². The molecule has 0 unspecified atom stereocenters. The maximum absolute atomic E-state index is 12.2. The van der Waals surface area contributed by atoms with Crippen molar-refractivity contribution in [1.29, 1.82) is 0 Å². The Kier molecular flexibility index (Phi) is 3.83. The summed E-state index contributed by atoms with van der Waals surface area (Å²) in [5.74, 6) is 0. The highest BCUT2D eigenvalue weighted by molar-refractivity contribution is 6.31. The van der Waals surface area contributed by atoms with E-state index in [1.54, 1.807) is 15.5 Å². The zero-order valence-electron chi connectivity index (χ0n) is 13.3. The minimum Gasteiger partial charge on any atom is -0.444 e. The van der Waals surface area contributed by atoms with Gasteiger partial charge in [-0.1, -0.05) is 11.6 Å². The molecule has 0 radical (unpaired) electrons. The average molecular weight is 339 g/mol. The number of hydrogen-bond donors (Lipinski definition) is 1. The number of halogens is 1. The molecule has 1 aliphatic rings. The number of nitrogens with one attached hydrogen (secondary N) is 1. The number of pyridine rings is 1. The number of aromatic nitrogens is 3. The van der Waals surface area contributed by atoms with Gasteiger partial charge in [0.05, 0.1) is 16.6 Å². The van der Waals surface area contributed by atoms with Gasteiger partial charge in [-0.2, -0.15) is 0 Å². The first-order chi connectivity index (χ1) is 10.7. The molecule has 0 aliphatic carbocycles. The Morgan fingerprint density at radius 2 is 2.22 bits per heavy atom. The van der Waals surface area contributed by atoms with Crippen molar-refractivity contribution in [2.75, 3.05) is 13.1 Å². The lowest BCUT2D eigenvalue weighted by Crippen LogP contribution is -2.36. The topological polar surface area (TPSA) is 80.2 Å². The molecule has 3 rings (SSSR count). The predicted molar refractivity (Wildman–Crippen MR) is 86.8 cm³/mol. The Balaban J connectivity index is 1.83. The fraction of sp³-hybridized carbons (Fsp3) is 0.533. The second kappa shape index (κ2) is 5.56. The molecule has 2 aromatic rings. The molecule has 8 heteroatoms. The third-order valence-electron chi connectivity index (χ3n) is 3.70. The number of carbonyl (C=O) groups is 1. The monoisotopic (exact) mass is 338 g/mol. The summed E-state index contributed by atoms with van der Waals surface area (Å²) in [6.07, 6.45) is 1.83. The van der Waals surface area contributed by atoms with E-state index in [4.69, 9.17) is 16.3 Å². The number of hydrogen-bond acceptors (Lipinski definition) is 4. The molecule has 0 saturated carbocycles. The molecular weight excluding hydrogens is 320 g/mol. The summed E-state index contributed by atoms with van der Waals surface area (Å²) in [5.41, 5.74) is 0.366. The third kappa shape index (κ3) is 3.19. The summed E-state index contributed by atoms with van der Waals surface area (Å²) in [4.78, 5) is 33.0. The number of rotatable bonds is 1. The average Bonchev–Trinajstić information content (AvgIpc) is 2.99. The smallest absolute Gasteiger partial charge is 0.410 e. The van der Waals surface area contributed by atoms with Gasteiger partial charge in [0.25, 0.3) is 0 Å². The number of amides is 1. The molecule has 3 heterocycles. The summed E-state index contributed by atoms with van der Waals surface area (Å²) >= 11 is 5.90. The molecule has 0 spiro atoms. The van der Waals surface area contributed by atoms with E-state index in [1.807, 2.05) is 20.8 Å². The van der Waals surface area contributed by atoms with Gasteiger partial charge in [-0.3, -0.25) is 4.57 Å². The van der Waals surface area contributed by atoms with Crippen LogP contribution in [0, 0.1) is 0 Å². The number of imidazole rings is 1. The van der Waals surface area contributed by atoms with Gasteiger partial charge < -0.3 is 14.6 Å². The third-order valence-corrected chi connectivity index (χ3v) is 3.91. The minimum absolute atomic E-state index is 0.127. The second-order valence-corrected chi connectivity index (χ2v) is 7.13. The Bertz CT molecular complexity index is 805. The molecule has 124 valence electrons. The van der Waals surface area contributed by atoms with Crippen LogP contribution >= 0.6 is 11.6 Å². The maximum atomic E-state index is 12.2. The van der Waals surface area contributed by atoms with Crippen LogP contribution < -0.4 is 5.69 Å². The van der Waals surface area contributed by atoms with E-state index in [1.165, 1.54) is 6.20 Å². The van der Waals surface area contributed by atoms with E-state index in [0.717, 1.165) is 0 Å². The second-order valence-electron chi connectivity index (χ2n) is 6.69. The van der Waals surface area contributed by atoms with Crippen LogP contribution in [0.3, 0.4) is 0 Å². The first-order valence-electron chi connectivity index (χ1n) is 7.48. The fourth-order valence-corrected chi connectivity index (χ4v) is 2.93. The largest absolute Gasteiger partial charge is 0.444 e. The van der Waals surface area contributed by atoms with Gasteiger partial charge in [0.1, 0.15) is 5.60 Å². The summed E-state index contributed by atoms with van der Waals surface area (Å²) in [7, 11) is 0. The van der Waals surface area contributed by atoms with E-state index in [0.29, 0.717) is 35.7 Å². The molecule has 7 nitrogen and oxygen atoms in total. The van der Waals surface area contributed by atoms with Gasteiger partial charge in [-0.05, 0) is 33.3 Å². The molecule has 1 saturated heterocycles. The highest BCUT2D eigenvalue weighted by atomic mass is 35.5. The van der Waals surface area contributed by atoms with Crippen molar-refractivity contribution in [3.05, 3.63) is 27.8 Å². The van der Waals surface area contributed by atoms with Crippen LogP contribution in [0.4, 0.5) is 4.79 Å². The summed E-state index contributed by atoms with van der Waals surface area (Å²) < 4.78 is 6.97. The zero-order chi connectivity index (χ0) is 16.8. The van der Waals surface area contributed by atoms with Gasteiger partial charge in [-0.25, -0.2) is 14.6 Å².